The molecule has 0 bridgehead atoms. The Hall–Kier alpha value is -1.52. The minimum Gasteiger partial charge on any atom is -0.511 e. The number of rotatable bonds is 6. The summed E-state index contributed by atoms with van der Waals surface area (Å²) in [7, 11) is 0. The maximum absolute atomic E-state index is 12.4. The Balaban J connectivity index is 1.80. The molecular weight excluding hydrogens is 458 g/mol. The van der Waals surface area contributed by atoms with Gasteiger partial charge >= 0.3 is 0 Å². The third-order valence-corrected chi connectivity index (χ3v) is 6.25. The number of hydrogen-bond donors (Lipinski definition) is 8. The topological polar surface area (TPSA) is 219 Å². The quantitative estimate of drug-likeness (QED) is 0.173. The van der Waals surface area contributed by atoms with Gasteiger partial charge in [0, 0.05) is 19.1 Å². The fourth-order valence-electron chi connectivity index (χ4n) is 4.34. The van der Waals surface area contributed by atoms with Crippen LogP contribution in [-0.4, -0.2) is 127 Å². The summed E-state index contributed by atoms with van der Waals surface area (Å²) in [6, 6.07) is -1.42. The first-order valence-corrected chi connectivity index (χ1v) is 11.0. The standard InChI is InChI=1S/C21H33NO12/c1-21(2)3-9(25)8(10(26)4-21)5-22-13-15(28)18(12(7-24)32-19(13)31)34-20-17(30)16(29)14(27)11(6-23)33-20/h5,11-20,23-25,27-31H,3-4,6-7H2,1-2H3/t11?,12?,13?,14-,15?,16?,17?,18+,19+,20-/m0/s1. The predicted octanol–water partition coefficient (Wildman–Crippen LogP) is -3.12. The van der Waals surface area contributed by atoms with Crippen LogP contribution < -0.4 is 0 Å². The molecule has 0 aromatic carbocycles. The number of carbonyl (C=O) groups excluding carboxylic acids is 1. The molecule has 2 aliphatic heterocycles. The van der Waals surface area contributed by atoms with E-state index in [0.717, 1.165) is 6.21 Å². The molecule has 0 aromatic heterocycles. The van der Waals surface area contributed by atoms with Crippen LogP contribution in [0.25, 0.3) is 0 Å². The number of Topliss-reactive ketones (excluding diaryl/α,β-unsaturated/α-hetero) is 1. The van der Waals surface area contributed by atoms with Crippen LogP contribution in [-0.2, 0) is 19.0 Å². The number of carbonyl (C=O) groups is 1. The molecule has 0 spiro atoms. The summed E-state index contributed by atoms with van der Waals surface area (Å²) in [6.07, 6.45) is -12.7. The van der Waals surface area contributed by atoms with Gasteiger partial charge in [-0.3, -0.25) is 9.79 Å². The Morgan fingerprint density at radius 2 is 1.62 bits per heavy atom. The van der Waals surface area contributed by atoms with Crippen LogP contribution in [0.4, 0.5) is 0 Å². The van der Waals surface area contributed by atoms with E-state index in [0.29, 0.717) is 0 Å². The van der Waals surface area contributed by atoms with Gasteiger partial charge < -0.3 is 55.1 Å². The number of ether oxygens (including phenoxy) is 3. The molecule has 3 aliphatic rings. The Morgan fingerprint density at radius 3 is 2.21 bits per heavy atom. The summed E-state index contributed by atoms with van der Waals surface area (Å²) < 4.78 is 16.1. The minimum absolute atomic E-state index is 0.0607. The number of allylic oxidation sites excluding steroid dienone is 2. The Bertz CT molecular complexity index is 799. The van der Waals surface area contributed by atoms with Crippen molar-refractivity contribution in [2.45, 2.75) is 88.0 Å². The average molecular weight is 491 g/mol. The first-order chi connectivity index (χ1) is 15.9. The van der Waals surface area contributed by atoms with Crippen LogP contribution in [0.5, 0.6) is 0 Å². The summed E-state index contributed by atoms with van der Waals surface area (Å²) in [5, 5.41) is 80.5. The van der Waals surface area contributed by atoms with Gasteiger partial charge in [0.05, 0.1) is 18.8 Å². The van der Waals surface area contributed by atoms with Crippen molar-refractivity contribution in [3.05, 3.63) is 11.3 Å². The number of aliphatic imine (C=N–C) groups is 1. The van der Waals surface area contributed by atoms with Gasteiger partial charge in [0.15, 0.2) is 18.4 Å². The summed E-state index contributed by atoms with van der Waals surface area (Å²) in [5.74, 6) is -0.534. The number of hydrogen-bond acceptors (Lipinski definition) is 13. The zero-order chi connectivity index (χ0) is 25.4. The molecule has 13 heteroatoms. The highest BCUT2D eigenvalue weighted by molar-refractivity contribution is 6.14. The van der Waals surface area contributed by atoms with Crippen molar-refractivity contribution < 1.29 is 59.9 Å². The SMILES string of the molecule is CC1(C)CC(=O)C(C=NC2C(O)[C@H](O[C@@H]3OC(CO)[C@H](O)C(O)C3O)C(CO)O[C@H]2O)=C(O)C1. The number of ketones is 1. The van der Waals surface area contributed by atoms with Crippen LogP contribution in [0.2, 0.25) is 0 Å². The number of nitrogens with zero attached hydrogens (tertiary/aromatic N) is 1. The highest BCUT2D eigenvalue weighted by atomic mass is 16.7. The van der Waals surface area contributed by atoms with Crippen molar-refractivity contribution in [1.29, 1.82) is 0 Å². The molecule has 8 N–H and O–H groups in total. The van der Waals surface area contributed by atoms with Gasteiger partial charge in [-0.05, 0) is 5.41 Å². The Morgan fingerprint density at radius 1 is 0.971 bits per heavy atom. The zero-order valence-corrected chi connectivity index (χ0v) is 18.8. The molecule has 0 amide bonds. The monoisotopic (exact) mass is 491 g/mol. The zero-order valence-electron chi connectivity index (χ0n) is 18.8. The summed E-state index contributed by atoms with van der Waals surface area (Å²) in [6.45, 7) is 2.24. The lowest BCUT2D eigenvalue weighted by atomic mass is 9.77. The largest absolute Gasteiger partial charge is 0.511 e. The van der Waals surface area contributed by atoms with E-state index < -0.39 is 80.0 Å². The van der Waals surface area contributed by atoms with E-state index in [2.05, 4.69) is 4.99 Å². The molecular formula is C21H33NO12. The van der Waals surface area contributed by atoms with Crippen molar-refractivity contribution in [3.63, 3.8) is 0 Å². The van der Waals surface area contributed by atoms with E-state index >= 15 is 0 Å². The van der Waals surface area contributed by atoms with Crippen molar-refractivity contribution >= 4 is 12.0 Å². The lowest BCUT2D eigenvalue weighted by Gasteiger charge is -2.45. The van der Waals surface area contributed by atoms with Gasteiger partial charge in [-0.1, -0.05) is 13.8 Å². The van der Waals surface area contributed by atoms with Crippen LogP contribution in [0, 0.1) is 5.41 Å². The third kappa shape index (κ3) is 5.49. The maximum Gasteiger partial charge on any atom is 0.187 e. The molecule has 10 atom stereocenters. The fourth-order valence-corrected chi connectivity index (χ4v) is 4.34. The average Bonchev–Trinajstić information content (AvgIpc) is 2.75. The van der Waals surface area contributed by atoms with Crippen LogP contribution in [0.3, 0.4) is 0 Å². The Labute approximate surface area is 195 Å². The first-order valence-electron chi connectivity index (χ1n) is 11.0. The molecule has 13 nitrogen and oxygen atoms in total. The van der Waals surface area contributed by atoms with Gasteiger partial charge in [-0.2, -0.15) is 0 Å². The first kappa shape index (κ1) is 27.1. The molecule has 3 rings (SSSR count). The van der Waals surface area contributed by atoms with Crippen molar-refractivity contribution in [3.8, 4) is 0 Å². The van der Waals surface area contributed by atoms with Gasteiger partial charge in [0.25, 0.3) is 0 Å². The van der Waals surface area contributed by atoms with E-state index in [4.69, 9.17) is 14.2 Å². The summed E-state index contributed by atoms with van der Waals surface area (Å²) in [5.41, 5.74) is -0.487. The predicted molar refractivity (Wildman–Crippen MR) is 113 cm³/mol. The summed E-state index contributed by atoms with van der Waals surface area (Å²) in [4.78, 5) is 16.4. The molecule has 2 heterocycles. The molecule has 1 aliphatic carbocycles. The fraction of sp³-hybridized carbons (Fsp3) is 0.810. The van der Waals surface area contributed by atoms with Gasteiger partial charge in [0.1, 0.15) is 54.5 Å². The maximum atomic E-state index is 12.4. The second kappa shape index (κ2) is 10.6. The number of aliphatic hydroxyl groups is 8. The van der Waals surface area contributed by atoms with Crippen LogP contribution >= 0.6 is 0 Å². The lowest BCUT2D eigenvalue weighted by Crippen LogP contribution is -2.64. The molecule has 0 aromatic rings. The lowest BCUT2D eigenvalue weighted by molar-refractivity contribution is -0.344. The van der Waals surface area contributed by atoms with Crippen molar-refractivity contribution in [2.75, 3.05) is 13.2 Å². The molecule has 0 saturated carbocycles. The van der Waals surface area contributed by atoms with Gasteiger partial charge in [0.2, 0.25) is 0 Å². The number of aliphatic hydroxyl groups excluding tert-OH is 8. The molecule has 0 radical (unpaired) electrons. The minimum atomic E-state index is -1.77. The normalized spacial score (nSPS) is 43.5. The van der Waals surface area contributed by atoms with E-state index in [1.54, 1.807) is 0 Å². The van der Waals surface area contributed by atoms with E-state index in [9.17, 15) is 45.6 Å². The smallest absolute Gasteiger partial charge is 0.187 e. The van der Waals surface area contributed by atoms with Gasteiger partial charge in [-0.15, -0.1) is 0 Å². The second-order valence-electron chi connectivity index (χ2n) is 9.61. The molecule has 6 unspecified atom stereocenters. The highest BCUT2D eigenvalue weighted by Crippen LogP contribution is 2.35. The molecule has 194 valence electrons. The molecule has 2 saturated heterocycles. The van der Waals surface area contributed by atoms with E-state index in [1.165, 1.54) is 0 Å². The van der Waals surface area contributed by atoms with E-state index in [1.807, 2.05) is 13.8 Å². The van der Waals surface area contributed by atoms with Crippen LogP contribution in [0.1, 0.15) is 26.7 Å². The Kier molecular flexibility index (Phi) is 8.46. The summed E-state index contributed by atoms with van der Waals surface area (Å²) >= 11 is 0. The molecule has 2 fully saturated rings. The van der Waals surface area contributed by atoms with Crippen molar-refractivity contribution in [1.82, 2.24) is 0 Å². The van der Waals surface area contributed by atoms with Crippen LogP contribution in [0.15, 0.2) is 16.3 Å². The molecule has 34 heavy (non-hydrogen) atoms. The van der Waals surface area contributed by atoms with E-state index in [-0.39, 0.29) is 30.0 Å². The van der Waals surface area contributed by atoms with Crippen molar-refractivity contribution in [2.24, 2.45) is 10.4 Å². The second-order valence-corrected chi connectivity index (χ2v) is 9.61. The van der Waals surface area contributed by atoms with Gasteiger partial charge in [-0.25, -0.2) is 0 Å². The third-order valence-electron chi connectivity index (χ3n) is 6.25. The highest BCUT2D eigenvalue weighted by Gasteiger charge is 2.50.